The molecule has 0 aliphatic carbocycles. The van der Waals surface area contributed by atoms with E-state index in [2.05, 4.69) is 0 Å². The van der Waals surface area contributed by atoms with Crippen molar-refractivity contribution in [3.8, 4) is 0 Å². The van der Waals surface area contributed by atoms with E-state index in [-0.39, 0.29) is 10.5 Å². The summed E-state index contributed by atoms with van der Waals surface area (Å²) < 4.78 is 11.8. The van der Waals surface area contributed by atoms with Crippen LogP contribution in [0.25, 0.3) is 0 Å². The first-order chi connectivity index (χ1) is 8.66. The molecule has 0 unspecified atom stereocenters. The van der Waals surface area contributed by atoms with E-state index in [0.717, 1.165) is 6.42 Å². The SMILES string of the molecule is COCCOCCCn1cccc(C(N)=S)c1=O. The smallest absolute Gasteiger partial charge is 0.260 e. The lowest BCUT2D eigenvalue weighted by Gasteiger charge is -2.07. The van der Waals surface area contributed by atoms with Gasteiger partial charge in [-0.05, 0) is 18.6 Å². The molecule has 0 fully saturated rings. The second-order valence-electron chi connectivity index (χ2n) is 3.74. The molecule has 1 aromatic rings. The van der Waals surface area contributed by atoms with Gasteiger partial charge in [0.2, 0.25) is 0 Å². The number of nitrogens with zero attached hydrogens (tertiary/aromatic N) is 1. The Morgan fingerprint density at radius 2 is 2.22 bits per heavy atom. The van der Waals surface area contributed by atoms with Crippen molar-refractivity contribution >= 4 is 17.2 Å². The Labute approximate surface area is 112 Å². The van der Waals surface area contributed by atoms with E-state index in [4.69, 9.17) is 27.4 Å². The minimum atomic E-state index is -0.151. The van der Waals surface area contributed by atoms with Crippen LogP contribution in [0.3, 0.4) is 0 Å². The van der Waals surface area contributed by atoms with Crippen molar-refractivity contribution in [1.82, 2.24) is 4.57 Å². The highest BCUT2D eigenvalue weighted by Gasteiger charge is 2.04. The van der Waals surface area contributed by atoms with Crippen LogP contribution in [0.5, 0.6) is 0 Å². The van der Waals surface area contributed by atoms with Gasteiger partial charge in [0, 0.05) is 26.5 Å². The Morgan fingerprint density at radius 1 is 1.44 bits per heavy atom. The fourth-order valence-corrected chi connectivity index (χ4v) is 1.64. The van der Waals surface area contributed by atoms with Crippen LogP contribution < -0.4 is 11.3 Å². The summed E-state index contributed by atoms with van der Waals surface area (Å²) >= 11 is 4.82. The molecule has 100 valence electrons. The molecule has 2 N–H and O–H groups in total. The van der Waals surface area contributed by atoms with Gasteiger partial charge in [-0.1, -0.05) is 12.2 Å². The fraction of sp³-hybridized carbons (Fsp3) is 0.500. The summed E-state index contributed by atoms with van der Waals surface area (Å²) in [4.78, 5) is 12.0. The van der Waals surface area contributed by atoms with Crippen LogP contribution in [-0.4, -0.2) is 36.5 Å². The van der Waals surface area contributed by atoms with Gasteiger partial charge in [-0.25, -0.2) is 0 Å². The van der Waals surface area contributed by atoms with E-state index < -0.39 is 0 Å². The first kappa shape index (κ1) is 14.8. The number of rotatable bonds is 8. The number of thiocarbonyl (C=S) groups is 1. The molecule has 1 rings (SSSR count). The number of aromatic nitrogens is 1. The highest BCUT2D eigenvalue weighted by molar-refractivity contribution is 7.80. The van der Waals surface area contributed by atoms with Crippen LogP contribution in [0.1, 0.15) is 12.0 Å². The summed E-state index contributed by atoms with van der Waals surface area (Å²) in [6, 6.07) is 3.40. The standard InChI is InChI=1S/C12H18N2O3S/c1-16-8-9-17-7-3-6-14-5-2-4-10(11(13)18)12(14)15/h2,4-5H,3,6-9H2,1H3,(H2,13,18). The Hall–Kier alpha value is -1.24. The predicted molar refractivity (Wildman–Crippen MR) is 73.9 cm³/mol. The first-order valence-corrected chi connectivity index (χ1v) is 6.13. The van der Waals surface area contributed by atoms with E-state index in [1.807, 2.05) is 0 Å². The molecule has 5 nitrogen and oxygen atoms in total. The van der Waals surface area contributed by atoms with Gasteiger partial charge in [-0.2, -0.15) is 0 Å². The monoisotopic (exact) mass is 270 g/mol. The highest BCUT2D eigenvalue weighted by atomic mass is 32.1. The van der Waals surface area contributed by atoms with Gasteiger partial charge in [0.25, 0.3) is 5.56 Å². The Kier molecular flexibility index (Phi) is 6.56. The molecule has 0 saturated heterocycles. The van der Waals surface area contributed by atoms with E-state index in [1.165, 1.54) is 0 Å². The number of ether oxygens (including phenoxy) is 2. The summed E-state index contributed by atoms with van der Waals surface area (Å²) in [5, 5.41) is 0. The normalized spacial score (nSPS) is 10.5. The third-order valence-corrected chi connectivity index (χ3v) is 2.63. The lowest BCUT2D eigenvalue weighted by molar-refractivity contribution is 0.0679. The Morgan fingerprint density at radius 3 is 2.89 bits per heavy atom. The number of hydrogen-bond acceptors (Lipinski definition) is 4. The Bertz CT molecular complexity index is 445. The van der Waals surface area contributed by atoms with E-state index in [1.54, 1.807) is 30.0 Å². The molecule has 0 radical (unpaired) electrons. The minimum Gasteiger partial charge on any atom is -0.389 e. The topological polar surface area (TPSA) is 66.5 Å². The molecular weight excluding hydrogens is 252 g/mol. The molecule has 0 aliphatic heterocycles. The average Bonchev–Trinajstić information content (AvgIpc) is 2.35. The molecule has 6 heteroatoms. The van der Waals surface area contributed by atoms with Crippen molar-refractivity contribution in [1.29, 1.82) is 0 Å². The van der Waals surface area contributed by atoms with Crippen LogP contribution in [0.4, 0.5) is 0 Å². The Balaban J connectivity index is 2.46. The summed E-state index contributed by atoms with van der Waals surface area (Å²) in [7, 11) is 1.63. The zero-order valence-corrected chi connectivity index (χ0v) is 11.2. The predicted octanol–water partition coefficient (Wildman–Crippen LogP) is 0.536. The van der Waals surface area contributed by atoms with Crippen molar-refractivity contribution in [3.05, 3.63) is 34.2 Å². The quantitative estimate of drug-likeness (QED) is 0.551. The molecule has 0 amide bonds. The van der Waals surface area contributed by atoms with Crippen molar-refractivity contribution in [2.45, 2.75) is 13.0 Å². The summed E-state index contributed by atoms with van der Waals surface area (Å²) in [5.74, 6) is 0. The first-order valence-electron chi connectivity index (χ1n) is 5.72. The molecule has 0 spiro atoms. The van der Waals surface area contributed by atoms with Gasteiger partial charge in [0.05, 0.1) is 18.8 Å². The fourth-order valence-electron chi connectivity index (χ4n) is 1.48. The van der Waals surface area contributed by atoms with E-state index >= 15 is 0 Å². The second-order valence-corrected chi connectivity index (χ2v) is 4.18. The van der Waals surface area contributed by atoms with Crippen LogP contribution in [0.15, 0.2) is 23.1 Å². The van der Waals surface area contributed by atoms with Gasteiger partial charge >= 0.3 is 0 Å². The number of nitrogens with two attached hydrogens (primary N) is 1. The minimum absolute atomic E-state index is 0.130. The zero-order valence-electron chi connectivity index (χ0n) is 10.4. The average molecular weight is 270 g/mol. The molecule has 0 bridgehead atoms. The molecule has 0 aliphatic rings. The number of methoxy groups -OCH3 is 1. The molecule has 18 heavy (non-hydrogen) atoms. The molecular formula is C12H18N2O3S. The summed E-state index contributed by atoms with van der Waals surface area (Å²) in [6.45, 7) is 2.32. The molecule has 1 aromatic heterocycles. The number of aryl methyl sites for hydroxylation is 1. The van der Waals surface area contributed by atoms with Gasteiger partial charge in [0.15, 0.2) is 0 Å². The van der Waals surface area contributed by atoms with Crippen LogP contribution in [-0.2, 0) is 16.0 Å². The second kappa shape index (κ2) is 7.97. The maximum Gasteiger partial charge on any atom is 0.260 e. The maximum absolute atomic E-state index is 11.9. The summed E-state index contributed by atoms with van der Waals surface area (Å²) in [5.41, 5.74) is 5.70. The lowest BCUT2D eigenvalue weighted by Crippen LogP contribution is -2.28. The largest absolute Gasteiger partial charge is 0.389 e. The zero-order chi connectivity index (χ0) is 13.4. The molecule has 0 aromatic carbocycles. The van der Waals surface area contributed by atoms with Gasteiger partial charge in [-0.15, -0.1) is 0 Å². The van der Waals surface area contributed by atoms with E-state index in [9.17, 15) is 4.79 Å². The third-order valence-electron chi connectivity index (χ3n) is 2.41. The van der Waals surface area contributed by atoms with Crippen LogP contribution >= 0.6 is 12.2 Å². The van der Waals surface area contributed by atoms with Crippen LogP contribution in [0.2, 0.25) is 0 Å². The number of pyridine rings is 1. The maximum atomic E-state index is 11.9. The van der Waals surface area contributed by atoms with Crippen molar-refractivity contribution < 1.29 is 9.47 Å². The van der Waals surface area contributed by atoms with Crippen molar-refractivity contribution in [2.24, 2.45) is 5.73 Å². The molecule has 0 saturated carbocycles. The summed E-state index contributed by atoms with van der Waals surface area (Å²) in [6.07, 6.45) is 2.48. The van der Waals surface area contributed by atoms with Gasteiger partial charge in [-0.3, -0.25) is 4.79 Å². The molecule has 1 heterocycles. The highest BCUT2D eigenvalue weighted by Crippen LogP contribution is 1.94. The van der Waals surface area contributed by atoms with Crippen molar-refractivity contribution in [2.75, 3.05) is 26.9 Å². The third kappa shape index (κ3) is 4.56. The van der Waals surface area contributed by atoms with E-state index in [0.29, 0.717) is 31.9 Å². The lowest BCUT2D eigenvalue weighted by atomic mass is 10.2. The van der Waals surface area contributed by atoms with Gasteiger partial charge < -0.3 is 19.8 Å². The van der Waals surface area contributed by atoms with Gasteiger partial charge in [0.1, 0.15) is 4.99 Å². The molecule has 0 atom stereocenters. The number of hydrogen-bond donors (Lipinski definition) is 1. The van der Waals surface area contributed by atoms with Crippen molar-refractivity contribution in [3.63, 3.8) is 0 Å². The van der Waals surface area contributed by atoms with Crippen LogP contribution in [0, 0.1) is 0 Å².